The summed E-state index contributed by atoms with van der Waals surface area (Å²) in [5.41, 5.74) is 3.30. The smallest absolute Gasteiger partial charge is 0.287 e. The molecule has 0 spiro atoms. The zero-order chi connectivity index (χ0) is 34.8. The van der Waals surface area contributed by atoms with E-state index in [-0.39, 0.29) is 35.1 Å². The number of fused-ring (bicyclic) bond motifs is 1. The standard InChI is InChI=1S/C31H34N4O6.C7H7Cl/c1-2-17-40-23-10-11-27-24(18-23)26(36)19-28(41-27)31(39)32-20-30(38)34-15-13-33(14-16-34)25-8-4-3-7-22(25)21-35-12-6-5-9-29(35)37;1-6-2-4-7(8)5-3-6/h2-4,7-8,10-11,18-19H,1,5-6,9,12-17,20-21H2,(H,32,39);2-5H,1H3. The number of aryl methyl sites for hydroxylation is 1. The molecule has 11 heteroatoms. The Kier molecular flexibility index (Phi) is 12.1. The summed E-state index contributed by atoms with van der Waals surface area (Å²) in [6.07, 6.45) is 4.20. The van der Waals surface area contributed by atoms with Crippen LogP contribution in [0.4, 0.5) is 5.69 Å². The second kappa shape index (κ2) is 16.8. The van der Waals surface area contributed by atoms with Crippen LogP contribution in [0.3, 0.4) is 0 Å². The molecule has 4 aromatic rings. The largest absolute Gasteiger partial charge is 0.490 e. The molecule has 2 fully saturated rings. The van der Waals surface area contributed by atoms with Crippen LogP contribution in [0, 0.1) is 6.92 Å². The average Bonchev–Trinajstić information content (AvgIpc) is 3.12. The minimum Gasteiger partial charge on any atom is -0.490 e. The minimum atomic E-state index is -0.635. The van der Waals surface area contributed by atoms with E-state index in [4.69, 9.17) is 20.8 Å². The number of likely N-dealkylation sites (tertiary alicyclic amines) is 1. The van der Waals surface area contributed by atoms with E-state index in [9.17, 15) is 19.2 Å². The zero-order valence-corrected chi connectivity index (χ0v) is 28.4. The fraction of sp³-hybridized carbons (Fsp3) is 0.316. The van der Waals surface area contributed by atoms with E-state index in [0.717, 1.165) is 41.7 Å². The molecular formula is C38H41ClN4O6. The van der Waals surface area contributed by atoms with Gasteiger partial charge in [0.15, 0.2) is 11.2 Å². The van der Waals surface area contributed by atoms with Crippen LogP contribution in [0.2, 0.25) is 5.02 Å². The number of hydrogen-bond donors (Lipinski definition) is 1. The summed E-state index contributed by atoms with van der Waals surface area (Å²) in [6, 6.07) is 21.7. The Morgan fingerprint density at radius 2 is 1.71 bits per heavy atom. The molecule has 256 valence electrons. The van der Waals surface area contributed by atoms with E-state index < -0.39 is 5.91 Å². The maximum atomic E-state index is 12.9. The molecule has 1 aromatic heterocycles. The van der Waals surface area contributed by atoms with Crippen molar-refractivity contribution >= 4 is 46.0 Å². The van der Waals surface area contributed by atoms with Crippen LogP contribution in [-0.2, 0) is 16.1 Å². The van der Waals surface area contributed by atoms with Gasteiger partial charge in [-0.2, -0.15) is 0 Å². The van der Waals surface area contributed by atoms with Gasteiger partial charge in [-0.3, -0.25) is 19.2 Å². The second-order valence-electron chi connectivity index (χ2n) is 12.0. The van der Waals surface area contributed by atoms with Crippen molar-refractivity contribution < 1.29 is 23.5 Å². The number of benzene rings is 3. The molecule has 2 saturated heterocycles. The number of piperazine rings is 1. The van der Waals surface area contributed by atoms with Gasteiger partial charge in [-0.05, 0) is 61.7 Å². The van der Waals surface area contributed by atoms with Crippen molar-refractivity contribution in [1.82, 2.24) is 15.1 Å². The number of nitrogens with one attached hydrogen (secondary N) is 1. The summed E-state index contributed by atoms with van der Waals surface area (Å²) in [5, 5.41) is 3.67. The predicted octanol–water partition coefficient (Wildman–Crippen LogP) is 5.60. The molecule has 3 amide bonds. The van der Waals surface area contributed by atoms with Crippen LogP contribution >= 0.6 is 11.6 Å². The third kappa shape index (κ3) is 9.51. The summed E-state index contributed by atoms with van der Waals surface area (Å²) in [4.78, 5) is 56.4. The first-order valence-electron chi connectivity index (χ1n) is 16.4. The van der Waals surface area contributed by atoms with E-state index in [1.807, 2.05) is 48.2 Å². The highest BCUT2D eigenvalue weighted by Crippen LogP contribution is 2.25. The molecule has 10 nitrogen and oxygen atoms in total. The molecule has 0 bridgehead atoms. The number of ether oxygens (including phenoxy) is 1. The number of rotatable bonds is 9. The van der Waals surface area contributed by atoms with Gasteiger partial charge < -0.3 is 29.2 Å². The molecule has 6 rings (SSSR count). The van der Waals surface area contributed by atoms with Gasteiger partial charge in [-0.15, -0.1) is 0 Å². The summed E-state index contributed by atoms with van der Waals surface area (Å²) < 4.78 is 11.1. The normalized spacial score (nSPS) is 14.6. The number of nitrogens with zero attached hydrogens (tertiary/aromatic N) is 3. The SMILES string of the molecule is C=CCOc1ccc2oc(C(=O)NCC(=O)N3CCN(c4ccccc4CN4CCCCC4=O)CC3)cc(=O)c2c1.Cc1ccc(Cl)cc1. The number of carbonyl (C=O) groups is 3. The number of para-hydroxylation sites is 1. The lowest BCUT2D eigenvalue weighted by atomic mass is 10.1. The van der Waals surface area contributed by atoms with Crippen LogP contribution in [0.15, 0.2) is 94.7 Å². The summed E-state index contributed by atoms with van der Waals surface area (Å²) in [5.74, 6) is -0.312. The number of hydrogen-bond acceptors (Lipinski definition) is 7. The van der Waals surface area contributed by atoms with E-state index in [2.05, 4.69) is 28.9 Å². The molecule has 0 saturated carbocycles. The van der Waals surface area contributed by atoms with Crippen molar-refractivity contribution in [3.63, 3.8) is 0 Å². The van der Waals surface area contributed by atoms with Crippen LogP contribution in [-0.4, -0.2) is 73.4 Å². The van der Waals surface area contributed by atoms with Crippen LogP contribution in [0.25, 0.3) is 11.0 Å². The van der Waals surface area contributed by atoms with Crippen molar-refractivity contribution in [1.29, 1.82) is 0 Å². The topological polar surface area (TPSA) is 112 Å². The number of piperidine rings is 1. The van der Waals surface area contributed by atoms with Gasteiger partial charge in [0.05, 0.1) is 11.9 Å². The highest BCUT2D eigenvalue weighted by atomic mass is 35.5. The molecular weight excluding hydrogens is 644 g/mol. The Bertz CT molecular complexity index is 1830. The maximum Gasteiger partial charge on any atom is 0.287 e. The summed E-state index contributed by atoms with van der Waals surface area (Å²) in [7, 11) is 0. The molecule has 3 aromatic carbocycles. The van der Waals surface area contributed by atoms with Gasteiger partial charge in [0.2, 0.25) is 11.8 Å². The molecule has 0 atom stereocenters. The van der Waals surface area contributed by atoms with Crippen molar-refractivity contribution in [2.75, 3.05) is 50.8 Å². The summed E-state index contributed by atoms with van der Waals surface area (Å²) in [6.45, 7) is 9.41. The minimum absolute atomic E-state index is 0.163. The fourth-order valence-corrected chi connectivity index (χ4v) is 5.89. The number of halogens is 1. The molecule has 0 aliphatic carbocycles. The lowest BCUT2D eigenvalue weighted by Crippen LogP contribution is -2.51. The van der Waals surface area contributed by atoms with Gasteiger partial charge in [-0.25, -0.2) is 0 Å². The van der Waals surface area contributed by atoms with Crippen LogP contribution in [0.1, 0.15) is 40.9 Å². The van der Waals surface area contributed by atoms with Crippen molar-refractivity contribution in [2.45, 2.75) is 32.7 Å². The van der Waals surface area contributed by atoms with E-state index in [1.165, 1.54) is 5.56 Å². The lowest BCUT2D eigenvalue weighted by molar-refractivity contribution is -0.134. The lowest BCUT2D eigenvalue weighted by Gasteiger charge is -2.37. The van der Waals surface area contributed by atoms with Crippen LogP contribution < -0.4 is 20.4 Å². The number of anilines is 1. The Morgan fingerprint density at radius 1 is 0.959 bits per heavy atom. The quantitative estimate of drug-likeness (QED) is 0.229. The molecule has 0 unspecified atom stereocenters. The first-order valence-corrected chi connectivity index (χ1v) is 16.8. The van der Waals surface area contributed by atoms with Gasteiger partial charge in [0.25, 0.3) is 5.91 Å². The third-order valence-electron chi connectivity index (χ3n) is 8.45. The Balaban J connectivity index is 0.000000514. The Morgan fingerprint density at radius 3 is 2.43 bits per heavy atom. The number of amides is 3. The van der Waals surface area contributed by atoms with Crippen LogP contribution in [0.5, 0.6) is 5.75 Å². The molecule has 0 radical (unpaired) electrons. The molecule has 2 aliphatic rings. The maximum absolute atomic E-state index is 12.9. The van der Waals surface area contributed by atoms with Gasteiger partial charge in [-0.1, -0.05) is 60.2 Å². The average molecular weight is 685 g/mol. The highest BCUT2D eigenvalue weighted by Gasteiger charge is 2.25. The van der Waals surface area contributed by atoms with Crippen molar-refractivity contribution in [3.05, 3.63) is 118 Å². The monoisotopic (exact) mass is 684 g/mol. The van der Waals surface area contributed by atoms with E-state index in [0.29, 0.717) is 56.9 Å². The fourth-order valence-electron chi connectivity index (χ4n) is 5.76. The molecule has 2 aliphatic heterocycles. The van der Waals surface area contributed by atoms with E-state index in [1.54, 1.807) is 29.2 Å². The van der Waals surface area contributed by atoms with Crippen molar-refractivity contribution in [2.24, 2.45) is 0 Å². The zero-order valence-electron chi connectivity index (χ0n) is 27.7. The Labute approximate surface area is 290 Å². The second-order valence-corrected chi connectivity index (χ2v) is 12.4. The Hall–Kier alpha value is -5.09. The van der Waals surface area contributed by atoms with Gasteiger partial charge in [0, 0.05) is 62.5 Å². The molecule has 1 N–H and O–H groups in total. The van der Waals surface area contributed by atoms with E-state index >= 15 is 0 Å². The van der Waals surface area contributed by atoms with Crippen molar-refractivity contribution in [3.8, 4) is 5.75 Å². The third-order valence-corrected chi connectivity index (χ3v) is 8.70. The van der Waals surface area contributed by atoms with Gasteiger partial charge >= 0.3 is 0 Å². The molecule has 49 heavy (non-hydrogen) atoms. The highest BCUT2D eigenvalue weighted by molar-refractivity contribution is 6.30. The first-order chi connectivity index (χ1) is 23.7. The summed E-state index contributed by atoms with van der Waals surface area (Å²) >= 11 is 5.61. The number of carbonyl (C=O) groups excluding carboxylic acids is 3. The molecule has 3 heterocycles. The first kappa shape index (κ1) is 35.2. The van der Waals surface area contributed by atoms with Gasteiger partial charge in [0.1, 0.15) is 17.9 Å². The predicted molar refractivity (Wildman–Crippen MR) is 191 cm³/mol.